The number of rotatable bonds is 2. The Labute approximate surface area is 130 Å². The normalized spacial score (nSPS) is 10.4. The fourth-order valence-electron chi connectivity index (χ4n) is 1.57. The predicted molar refractivity (Wildman–Crippen MR) is 80.6 cm³/mol. The second-order valence-electron chi connectivity index (χ2n) is 3.91. The van der Waals surface area contributed by atoms with E-state index in [1.807, 2.05) is 0 Å². The summed E-state index contributed by atoms with van der Waals surface area (Å²) in [6.45, 7) is 0. The molecule has 0 saturated heterocycles. The van der Waals surface area contributed by atoms with E-state index in [2.05, 4.69) is 37.2 Å². The van der Waals surface area contributed by atoms with Crippen LogP contribution in [0, 0.1) is 11.6 Å². The number of benzene rings is 2. The lowest BCUT2D eigenvalue weighted by Crippen LogP contribution is -2.16. The van der Waals surface area contributed by atoms with Gasteiger partial charge in [-0.2, -0.15) is 0 Å². The molecule has 0 unspecified atom stereocenters. The van der Waals surface area contributed by atoms with Crippen LogP contribution in [0.25, 0.3) is 0 Å². The summed E-state index contributed by atoms with van der Waals surface area (Å²) in [4.78, 5) is 12.0. The molecule has 0 fully saturated rings. The summed E-state index contributed by atoms with van der Waals surface area (Å²) in [6.07, 6.45) is 0. The summed E-state index contributed by atoms with van der Waals surface area (Å²) in [7, 11) is 0. The highest BCUT2D eigenvalue weighted by molar-refractivity contribution is 9.11. The lowest BCUT2D eigenvalue weighted by atomic mass is 10.1. The number of nitrogen functional groups attached to an aromatic ring is 1. The maximum absolute atomic E-state index is 13.8. The van der Waals surface area contributed by atoms with Gasteiger partial charge < -0.3 is 11.1 Å². The Hall–Kier alpha value is -1.47. The number of hydrogen-bond donors (Lipinski definition) is 2. The first kappa shape index (κ1) is 14.9. The van der Waals surface area contributed by atoms with Gasteiger partial charge in [-0.3, -0.25) is 4.79 Å². The zero-order valence-electron chi connectivity index (χ0n) is 9.88. The summed E-state index contributed by atoms with van der Waals surface area (Å²) in [5.74, 6) is -2.52. The van der Waals surface area contributed by atoms with Gasteiger partial charge in [-0.1, -0.05) is 6.07 Å². The van der Waals surface area contributed by atoms with Gasteiger partial charge >= 0.3 is 0 Å². The molecular weight excluding hydrogens is 398 g/mol. The van der Waals surface area contributed by atoms with Gasteiger partial charge in [-0.15, -0.1) is 0 Å². The third-order valence-corrected chi connectivity index (χ3v) is 3.83. The van der Waals surface area contributed by atoms with E-state index in [-0.39, 0.29) is 0 Å². The van der Waals surface area contributed by atoms with Crippen LogP contribution in [0.15, 0.2) is 39.3 Å². The molecule has 0 saturated carbocycles. The van der Waals surface area contributed by atoms with Gasteiger partial charge in [-0.05, 0) is 56.1 Å². The molecule has 0 aliphatic carbocycles. The number of hydrogen-bond acceptors (Lipinski definition) is 2. The van der Waals surface area contributed by atoms with Crippen LogP contribution in [0.2, 0.25) is 0 Å². The van der Waals surface area contributed by atoms with Crippen LogP contribution in [-0.2, 0) is 0 Å². The minimum Gasteiger partial charge on any atom is -0.396 e. The Morgan fingerprint density at radius 3 is 2.35 bits per heavy atom. The molecular formula is C13H8Br2F2N2O. The van der Waals surface area contributed by atoms with E-state index in [0.717, 1.165) is 12.1 Å². The largest absolute Gasteiger partial charge is 0.396 e. The van der Waals surface area contributed by atoms with Crippen LogP contribution in [0.3, 0.4) is 0 Å². The average Bonchev–Trinajstić information content (AvgIpc) is 2.38. The Balaban J connectivity index is 2.39. The second-order valence-corrected chi connectivity index (χ2v) is 5.62. The number of halogens is 4. The molecule has 3 nitrogen and oxygen atoms in total. The summed E-state index contributed by atoms with van der Waals surface area (Å²) in [6, 6.07) is 6.78. The molecule has 2 aromatic carbocycles. The molecule has 0 heterocycles. The van der Waals surface area contributed by atoms with Crippen LogP contribution in [-0.4, -0.2) is 5.91 Å². The molecule has 0 spiro atoms. The number of amides is 1. The van der Waals surface area contributed by atoms with Gasteiger partial charge in [-0.25, -0.2) is 8.78 Å². The topological polar surface area (TPSA) is 55.1 Å². The average molecular weight is 406 g/mol. The zero-order valence-corrected chi connectivity index (χ0v) is 13.1. The Morgan fingerprint density at radius 1 is 1.15 bits per heavy atom. The van der Waals surface area contributed by atoms with Crippen molar-refractivity contribution in [2.75, 3.05) is 11.1 Å². The first-order valence-electron chi connectivity index (χ1n) is 5.40. The third-order valence-electron chi connectivity index (χ3n) is 2.51. The van der Waals surface area contributed by atoms with Crippen LogP contribution in [0.5, 0.6) is 0 Å². The molecule has 2 aromatic rings. The second kappa shape index (κ2) is 5.88. The van der Waals surface area contributed by atoms with E-state index in [9.17, 15) is 13.6 Å². The molecule has 0 aliphatic rings. The number of nitrogens with two attached hydrogens (primary N) is 1. The van der Waals surface area contributed by atoms with Crippen molar-refractivity contribution in [1.29, 1.82) is 0 Å². The highest BCUT2D eigenvalue weighted by Gasteiger charge is 2.18. The molecule has 0 atom stereocenters. The summed E-state index contributed by atoms with van der Waals surface area (Å²) in [5.41, 5.74) is 4.85. The van der Waals surface area contributed by atoms with E-state index >= 15 is 0 Å². The van der Waals surface area contributed by atoms with Gasteiger partial charge in [0.25, 0.3) is 5.91 Å². The lowest BCUT2D eigenvalue weighted by molar-refractivity contribution is 0.102. The van der Waals surface area contributed by atoms with Crippen molar-refractivity contribution < 1.29 is 13.6 Å². The number of anilines is 2. The summed E-state index contributed by atoms with van der Waals surface area (Å²) < 4.78 is 28.2. The summed E-state index contributed by atoms with van der Waals surface area (Å²) in [5, 5.41) is 2.50. The molecule has 0 radical (unpaired) electrons. The molecule has 1 amide bonds. The fraction of sp³-hybridized carbons (Fsp3) is 0. The minimum atomic E-state index is -0.952. The number of carbonyl (C=O) groups excluding carboxylic acids is 1. The molecule has 104 valence electrons. The molecule has 0 aromatic heterocycles. The lowest BCUT2D eigenvalue weighted by Gasteiger charge is -2.11. The zero-order chi connectivity index (χ0) is 14.9. The first-order chi connectivity index (χ1) is 9.40. The van der Waals surface area contributed by atoms with Crippen molar-refractivity contribution in [2.45, 2.75) is 0 Å². The van der Waals surface area contributed by atoms with Crippen molar-refractivity contribution in [3.63, 3.8) is 0 Å². The Morgan fingerprint density at radius 2 is 1.75 bits per heavy atom. The van der Waals surface area contributed by atoms with Gasteiger partial charge in [0.2, 0.25) is 0 Å². The van der Waals surface area contributed by atoms with E-state index in [4.69, 9.17) is 5.73 Å². The number of para-hydroxylation sites is 1. The van der Waals surface area contributed by atoms with Crippen molar-refractivity contribution in [3.8, 4) is 0 Å². The van der Waals surface area contributed by atoms with Crippen molar-refractivity contribution in [2.24, 2.45) is 0 Å². The first-order valence-corrected chi connectivity index (χ1v) is 6.98. The standard InChI is InChI=1S/C13H8Br2F2N2O/c14-8-2-1-3-9(15)12(8)19-13(20)7-4-6(16)5-10(18)11(7)17/h1-5H,18H2,(H,19,20). The summed E-state index contributed by atoms with van der Waals surface area (Å²) >= 11 is 6.52. The van der Waals surface area contributed by atoms with Crippen LogP contribution < -0.4 is 11.1 Å². The molecule has 7 heteroatoms. The van der Waals surface area contributed by atoms with Crippen LogP contribution >= 0.6 is 31.9 Å². The van der Waals surface area contributed by atoms with Gasteiger partial charge in [0, 0.05) is 8.95 Å². The fourth-order valence-corrected chi connectivity index (χ4v) is 2.77. The SMILES string of the molecule is Nc1cc(F)cc(C(=O)Nc2c(Br)cccc2Br)c1F. The van der Waals surface area contributed by atoms with Gasteiger partial charge in [0.15, 0.2) is 5.82 Å². The van der Waals surface area contributed by atoms with E-state index in [1.54, 1.807) is 18.2 Å². The minimum absolute atomic E-state index is 0.415. The van der Waals surface area contributed by atoms with Crippen molar-refractivity contribution in [3.05, 3.63) is 56.5 Å². The number of carbonyl (C=O) groups is 1. The number of nitrogens with one attached hydrogen (secondary N) is 1. The predicted octanol–water partition coefficient (Wildman–Crippen LogP) is 4.32. The van der Waals surface area contributed by atoms with Gasteiger partial charge in [0.05, 0.1) is 16.9 Å². The van der Waals surface area contributed by atoms with Crippen molar-refractivity contribution in [1.82, 2.24) is 0 Å². The molecule has 20 heavy (non-hydrogen) atoms. The van der Waals surface area contributed by atoms with E-state index in [1.165, 1.54) is 0 Å². The maximum atomic E-state index is 13.8. The molecule has 2 rings (SSSR count). The highest BCUT2D eigenvalue weighted by atomic mass is 79.9. The Bertz CT molecular complexity index is 672. The Kier molecular flexibility index (Phi) is 4.39. The van der Waals surface area contributed by atoms with E-state index < -0.39 is 28.8 Å². The smallest absolute Gasteiger partial charge is 0.258 e. The van der Waals surface area contributed by atoms with Crippen LogP contribution in [0.1, 0.15) is 10.4 Å². The maximum Gasteiger partial charge on any atom is 0.258 e. The van der Waals surface area contributed by atoms with Gasteiger partial charge in [0.1, 0.15) is 5.82 Å². The van der Waals surface area contributed by atoms with Crippen LogP contribution in [0.4, 0.5) is 20.2 Å². The molecule has 0 bridgehead atoms. The van der Waals surface area contributed by atoms with E-state index in [0.29, 0.717) is 14.6 Å². The molecule has 3 N–H and O–H groups in total. The molecule has 0 aliphatic heterocycles. The highest BCUT2D eigenvalue weighted by Crippen LogP contribution is 2.31. The quantitative estimate of drug-likeness (QED) is 0.731. The third kappa shape index (κ3) is 2.99. The van der Waals surface area contributed by atoms with Crippen molar-refractivity contribution >= 4 is 49.1 Å². The monoisotopic (exact) mass is 404 g/mol.